The number of nitrogens with one attached hydrogen (secondary N) is 1. The molecule has 7 heteroatoms. The second kappa shape index (κ2) is 7.38. The summed E-state index contributed by atoms with van der Waals surface area (Å²) in [4.78, 5) is 18.8. The van der Waals surface area contributed by atoms with Crippen LogP contribution in [0.3, 0.4) is 0 Å². The van der Waals surface area contributed by atoms with E-state index in [2.05, 4.69) is 15.2 Å². The first-order chi connectivity index (χ1) is 13.1. The molecule has 0 saturated carbocycles. The van der Waals surface area contributed by atoms with Crippen LogP contribution >= 0.6 is 0 Å². The van der Waals surface area contributed by atoms with Crippen molar-refractivity contribution in [3.8, 4) is 5.75 Å². The van der Waals surface area contributed by atoms with Gasteiger partial charge in [0.15, 0.2) is 5.96 Å². The maximum atomic E-state index is 12.0. The topological polar surface area (TPSA) is 72.4 Å². The molecular weight excluding hydrogens is 346 g/mol. The molecule has 4 atom stereocenters. The molecule has 1 aromatic rings. The highest BCUT2D eigenvalue weighted by Crippen LogP contribution is 2.47. The first kappa shape index (κ1) is 18.1. The molecule has 146 valence electrons. The van der Waals surface area contributed by atoms with Crippen LogP contribution in [0.2, 0.25) is 0 Å². The number of rotatable bonds is 4. The molecular formula is C20H27N3O4. The molecule has 3 heterocycles. The maximum Gasteiger partial charge on any atom is 0.341 e. The molecule has 3 aliphatic rings. The summed E-state index contributed by atoms with van der Waals surface area (Å²) >= 11 is 0. The number of ether oxygens (including phenoxy) is 3. The Bertz CT molecular complexity index is 733. The highest BCUT2D eigenvalue weighted by Gasteiger charge is 2.53. The first-order valence-corrected chi connectivity index (χ1v) is 9.51. The van der Waals surface area contributed by atoms with Gasteiger partial charge in [-0.25, -0.2) is 4.79 Å². The van der Waals surface area contributed by atoms with Crippen LogP contribution in [0.25, 0.3) is 0 Å². The van der Waals surface area contributed by atoms with Gasteiger partial charge in [0, 0.05) is 38.5 Å². The zero-order valence-corrected chi connectivity index (χ0v) is 16.1. The number of carbonyl (C=O) groups is 1. The number of benzene rings is 1. The molecule has 3 fully saturated rings. The van der Waals surface area contributed by atoms with E-state index in [-0.39, 0.29) is 0 Å². The largest absolute Gasteiger partial charge is 0.496 e. The molecule has 1 aromatic carbocycles. The van der Waals surface area contributed by atoms with Crippen molar-refractivity contribution in [1.29, 1.82) is 0 Å². The number of carbonyl (C=O) groups excluding carboxylic acids is 1. The highest BCUT2D eigenvalue weighted by atomic mass is 16.5. The quantitative estimate of drug-likeness (QED) is 0.492. The van der Waals surface area contributed by atoms with E-state index < -0.39 is 5.97 Å². The molecule has 0 aromatic heterocycles. The molecule has 0 amide bonds. The Balaban J connectivity index is 1.41. The number of hydrogen-bond acceptors (Lipinski definition) is 5. The SMILES string of the molecule is CN=C(NCc1ccc(OC)c(C(=O)OC)c1)N1CC2C3CCC(O3)C2C1. The summed E-state index contributed by atoms with van der Waals surface area (Å²) in [6, 6.07) is 5.54. The van der Waals surface area contributed by atoms with Gasteiger partial charge in [-0.2, -0.15) is 0 Å². The Labute approximate surface area is 159 Å². The van der Waals surface area contributed by atoms with Crippen molar-refractivity contribution in [2.24, 2.45) is 16.8 Å². The number of methoxy groups -OCH3 is 2. The fraction of sp³-hybridized carbons (Fsp3) is 0.600. The lowest BCUT2D eigenvalue weighted by atomic mass is 9.82. The highest BCUT2D eigenvalue weighted by molar-refractivity contribution is 5.92. The molecule has 0 aliphatic carbocycles. The summed E-state index contributed by atoms with van der Waals surface area (Å²) in [6.07, 6.45) is 3.28. The van der Waals surface area contributed by atoms with Crippen LogP contribution in [0.1, 0.15) is 28.8 Å². The number of fused-ring (bicyclic) bond motifs is 5. The van der Waals surface area contributed by atoms with Crippen molar-refractivity contribution in [1.82, 2.24) is 10.2 Å². The number of aliphatic imine (C=N–C) groups is 1. The summed E-state index contributed by atoms with van der Waals surface area (Å²) < 4.78 is 16.2. The van der Waals surface area contributed by atoms with Crippen LogP contribution in [0, 0.1) is 11.8 Å². The summed E-state index contributed by atoms with van der Waals surface area (Å²) in [5.74, 6) is 2.28. The predicted octanol–water partition coefficient (Wildman–Crippen LogP) is 1.67. The van der Waals surface area contributed by atoms with Gasteiger partial charge in [-0.1, -0.05) is 6.07 Å². The molecule has 1 N–H and O–H groups in total. The van der Waals surface area contributed by atoms with Crippen molar-refractivity contribution >= 4 is 11.9 Å². The van der Waals surface area contributed by atoms with Crippen molar-refractivity contribution < 1.29 is 19.0 Å². The molecule has 0 spiro atoms. The van der Waals surface area contributed by atoms with Crippen LogP contribution in [-0.2, 0) is 16.0 Å². The van der Waals surface area contributed by atoms with Crippen LogP contribution in [0.15, 0.2) is 23.2 Å². The van der Waals surface area contributed by atoms with E-state index in [0.29, 0.717) is 41.9 Å². The van der Waals surface area contributed by atoms with E-state index in [4.69, 9.17) is 14.2 Å². The molecule has 4 rings (SSSR count). The molecule has 0 radical (unpaired) electrons. The second-order valence-electron chi connectivity index (χ2n) is 7.45. The summed E-state index contributed by atoms with van der Waals surface area (Å²) in [7, 11) is 4.73. The van der Waals surface area contributed by atoms with Gasteiger partial charge in [-0.15, -0.1) is 0 Å². The van der Waals surface area contributed by atoms with Crippen molar-refractivity contribution in [2.75, 3.05) is 34.4 Å². The van der Waals surface area contributed by atoms with Gasteiger partial charge in [0.25, 0.3) is 0 Å². The molecule has 3 aliphatic heterocycles. The first-order valence-electron chi connectivity index (χ1n) is 9.51. The number of hydrogen-bond donors (Lipinski definition) is 1. The van der Waals surface area contributed by atoms with E-state index in [1.807, 2.05) is 13.1 Å². The molecule has 27 heavy (non-hydrogen) atoms. The van der Waals surface area contributed by atoms with Crippen molar-refractivity contribution in [2.45, 2.75) is 31.6 Å². The van der Waals surface area contributed by atoms with Crippen LogP contribution in [0.5, 0.6) is 5.75 Å². The molecule has 3 saturated heterocycles. The van der Waals surface area contributed by atoms with Gasteiger partial charge in [-0.3, -0.25) is 4.99 Å². The number of esters is 1. The average molecular weight is 373 g/mol. The Morgan fingerprint density at radius 1 is 1.26 bits per heavy atom. The minimum absolute atomic E-state index is 0.402. The van der Waals surface area contributed by atoms with E-state index in [9.17, 15) is 4.79 Å². The Hall–Kier alpha value is -2.28. The lowest BCUT2D eigenvalue weighted by molar-refractivity contribution is 0.0597. The van der Waals surface area contributed by atoms with E-state index in [0.717, 1.165) is 24.6 Å². The smallest absolute Gasteiger partial charge is 0.341 e. The summed E-state index contributed by atoms with van der Waals surface area (Å²) in [5.41, 5.74) is 1.40. The molecule has 4 unspecified atom stereocenters. The van der Waals surface area contributed by atoms with Crippen LogP contribution in [-0.4, -0.2) is 63.4 Å². The van der Waals surface area contributed by atoms with Gasteiger partial charge < -0.3 is 24.4 Å². The Morgan fingerprint density at radius 3 is 2.56 bits per heavy atom. The fourth-order valence-corrected chi connectivity index (χ4v) is 4.78. The van der Waals surface area contributed by atoms with Crippen LogP contribution in [0.4, 0.5) is 0 Å². The monoisotopic (exact) mass is 373 g/mol. The van der Waals surface area contributed by atoms with E-state index in [1.165, 1.54) is 20.0 Å². The number of nitrogens with zero attached hydrogens (tertiary/aromatic N) is 2. The van der Waals surface area contributed by atoms with Crippen molar-refractivity contribution in [3.05, 3.63) is 29.3 Å². The minimum Gasteiger partial charge on any atom is -0.496 e. The average Bonchev–Trinajstić information content (AvgIpc) is 3.41. The Kier molecular flexibility index (Phi) is 4.95. The maximum absolute atomic E-state index is 12.0. The van der Waals surface area contributed by atoms with Gasteiger partial charge in [0.05, 0.1) is 26.4 Å². The second-order valence-corrected chi connectivity index (χ2v) is 7.45. The van der Waals surface area contributed by atoms with E-state index >= 15 is 0 Å². The Morgan fingerprint density at radius 2 is 1.96 bits per heavy atom. The molecule has 2 bridgehead atoms. The third-order valence-electron chi connectivity index (χ3n) is 6.08. The standard InChI is InChI=1S/C20H27N3O4/c1-21-20(23-10-14-15(11-23)18-7-6-17(14)27-18)22-9-12-4-5-16(25-2)13(8-12)19(24)26-3/h4-5,8,14-15,17-18H,6-7,9-11H2,1-3H3,(H,21,22). The predicted molar refractivity (Wildman–Crippen MR) is 101 cm³/mol. The minimum atomic E-state index is -0.402. The van der Waals surface area contributed by atoms with E-state index in [1.54, 1.807) is 19.2 Å². The van der Waals surface area contributed by atoms with Gasteiger partial charge in [0.1, 0.15) is 11.3 Å². The lowest BCUT2D eigenvalue weighted by Crippen LogP contribution is -2.41. The zero-order valence-electron chi connectivity index (χ0n) is 16.1. The van der Waals surface area contributed by atoms with Gasteiger partial charge >= 0.3 is 5.97 Å². The zero-order chi connectivity index (χ0) is 19.0. The lowest BCUT2D eigenvalue weighted by Gasteiger charge is -2.23. The number of guanidine groups is 1. The third-order valence-corrected chi connectivity index (χ3v) is 6.08. The van der Waals surface area contributed by atoms with Crippen molar-refractivity contribution in [3.63, 3.8) is 0 Å². The molecule has 7 nitrogen and oxygen atoms in total. The summed E-state index contributed by atoms with van der Waals surface area (Å²) in [6.45, 7) is 2.58. The van der Waals surface area contributed by atoms with Crippen LogP contribution < -0.4 is 10.1 Å². The van der Waals surface area contributed by atoms with Gasteiger partial charge in [0.2, 0.25) is 0 Å². The normalized spacial score (nSPS) is 29.0. The fourth-order valence-electron chi connectivity index (χ4n) is 4.78. The number of likely N-dealkylation sites (tertiary alicyclic amines) is 1. The third kappa shape index (κ3) is 3.25. The van der Waals surface area contributed by atoms with Gasteiger partial charge in [-0.05, 0) is 30.5 Å². The summed E-state index contributed by atoms with van der Waals surface area (Å²) in [5, 5.41) is 3.43.